The fourth-order valence-corrected chi connectivity index (χ4v) is 3.32. The normalized spacial score (nSPS) is 14.7. The van der Waals surface area contributed by atoms with Crippen LogP contribution in [-0.2, 0) is 6.18 Å². The van der Waals surface area contributed by atoms with E-state index in [4.69, 9.17) is 11.6 Å². The number of halogens is 5. The fourth-order valence-electron chi connectivity index (χ4n) is 2.90. The summed E-state index contributed by atoms with van der Waals surface area (Å²) in [7, 11) is 0. The third kappa shape index (κ3) is 3.35. The summed E-state index contributed by atoms with van der Waals surface area (Å²) in [6, 6.07) is 10.2. The van der Waals surface area contributed by atoms with Crippen molar-refractivity contribution in [2.45, 2.75) is 6.18 Å². The first-order valence-electron chi connectivity index (χ1n) is 7.86. The molecule has 138 valence electrons. The lowest BCUT2D eigenvalue weighted by molar-refractivity contribution is -0.140. The van der Waals surface area contributed by atoms with E-state index in [1.165, 1.54) is 28.9 Å². The molecule has 1 aliphatic heterocycles. The molecule has 27 heavy (non-hydrogen) atoms. The van der Waals surface area contributed by atoms with E-state index in [2.05, 4.69) is 25.9 Å². The number of pyridine rings is 1. The third-order valence-electron chi connectivity index (χ3n) is 4.05. The summed E-state index contributed by atoms with van der Waals surface area (Å²) in [5.41, 5.74) is -0.283. The van der Waals surface area contributed by atoms with E-state index in [0.29, 0.717) is 17.3 Å². The van der Waals surface area contributed by atoms with Crippen LogP contribution in [0.1, 0.15) is 11.4 Å². The van der Waals surface area contributed by atoms with E-state index >= 15 is 0 Å². The van der Waals surface area contributed by atoms with Crippen LogP contribution in [0.3, 0.4) is 0 Å². The monoisotopic (exact) mass is 454 g/mol. The smallest absolute Gasteiger partial charge is 0.321 e. The van der Waals surface area contributed by atoms with Gasteiger partial charge in [0, 0.05) is 29.1 Å². The zero-order chi connectivity index (χ0) is 19.2. The molecule has 0 atom stereocenters. The highest BCUT2D eigenvalue weighted by Crippen LogP contribution is 2.34. The van der Waals surface area contributed by atoms with Gasteiger partial charge in [0.15, 0.2) is 11.5 Å². The lowest BCUT2D eigenvalue weighted by Crippen LogP contribution is -2.35. The molecule has 4 nitrogen and oxygen atoms in total. The maximum atomic E-state index is 13.7. The van der Waals surface area contributed by atoms with Gasteiger partial charge in [-0.3, -0.25) is 4.40 Å². The molecule has 0 saturated carbocycles. The lowest BCUT2D eigenvalue weighted by atomic mass is 10.2. The number of hydrogen-bond acceptors (Lipinski definition) is 3. The van der Waals surface area contributed by atoms with Crippen LogP contribution < -0.4 is 4.90 Å². The fraction of sp³-hybridized carbons (Fsp3) is 0.111. The Hall–Kier alpha value is -2.32. The van der Waals surface area contributed by atoms with Gasteiger partial charge in [0.1, 0.15) is 11.3 Å². The van der Waals surface area contributed by atoms with Crippen LogP contribution in [0, 0.1) is 0 Å². The molecule has 0 radical (unpaired) electrons. The summed E-state index contributed by atoms with van der Waals surface area (Å²) in [6.07, 6.45) is 0.0434. The molecule has 0 bridgehead atoms. The third-order valence-corrected chi connectivity index (χ3v) is 4.80. The molecule has 0 aliphatic carbocycles. The largest absolute Gasteiger partial charge is 0.435 e. The predicted octanol–water partition coefficient (Wildman–Crippen LogP) is 5.55. The first kappa shape index (κ1) is 18.1. The van der Waals surface area contributed by atoms with Crippen LogP contribution in [0.4, 0.5) is 18.9 Å². The SMILES string of the molecule is FC(F)(F)c1nc2ccc(Cl)cn2c1C1=NC=CCN1c1ccc(Br)cc1. The van der Waals surface area contributed by atoms with Crippen LogP contribution in [-0.4, -0.2) is 21.8 Å². The molecule has 0 spiro atoms. The topological polar surface area (TPSA) is 32.9 Å². The number of aromatic nitrogens is 2. The summed E-state index contributed by atoms with van der Waals surface area (Å²) >= 11 is 9.38. The molecular formula is C18H11BrClF3N4. The number of imidazole rings is 1. The molecule has 0 amide bonds. The number of rotatable bonds is 2. The number of alkyl halides is 3. The lowest BCUT2D eigenvalue weighted by Gasteiger charge is -2.27. The summed E-state index contributed by atoms with van der Waals surface area (Å²) < 4.78 is 43.4. The van der Waals surface area contributed by atoms with E-state index in [9.17, 15) is 13.2 Å². The molecular weight excluding hydrogens is 445 g/mol. The van der Waals surface area contributed by atoms with Crippen LogP contribution in [0.25, 0.3) is 5.65 Å². The van der Waals surface area contributed by atoms with Crippen LogP contribution >= 0.6 is 27.5 Å². The minimum absolute atomic E-state index is 0.146. The highest BCUT2D eigenvalue weighted by molar-refractivity contribution is 9.10. The number of amidine groups is 1. The van der Waals surface area contributed by atoms with Crippen molar-refractivity contribution in [2.75, 3.05) is 11.4 Å². The van der Waals surface area contributed by atoms with Gasteiger partial charge in [-0.15, -0.1) is 0 Å². The van der Waals surface area contributed by atoms with Gasteiger partial charge in [0.2, 0.25) is 0 Å². The molecule has 3 aromatic rings. The molecule has 0 saturated heterocycles. The Morgan fingerprint density at radius 3 is 2.52 bits per heavy atom. The van der Waals surface area contributed by atoms with Crippen LogP contribution in [0.5, 0.6) is 0 Å². The van der Waals surface area contributed by atoms with Crippen molar-refractivity contribution in [2.24, 2.45) is 4.99 Å². The number of fused-ring (bicyclic) bond motifs is 1. The Bertz CT molecular complexity index is 1070. The van der Waals surface area contributed by atoms with Gasteiger partial charge in [0.05, 0.1) is 5.02 Å². The zero-order valence-corrected chi connectivity index (χ0v) is 15.9. The average Bonchev–Trinajstić information content (AvgIpc) is 3.01. The van der Waals surface area contributed by atoms with Gasteiger partial charge in [0.25, 0.3) is 0 Å². The molecule has 3 heterocycles. The van der Waals surface area contributed by atoms with Crippen molar-refractivity contribution in [1.82, 2.24) is 9.38 Å². The zero-order valence-electron chi connectivity index (χ0n) is 13.6. The summed E-state index contributed by atoms with van der Waals surface area (Å²) in [5, 5.41) is 0.303. The molecule has 0 unspecified atom stereocenters. The number of anilines is 1. The predicted molar refractivity (Wildman–Crippen MR) is 102 cm³/mol. The molecule has 2 aromatic heterocycles. The van der Waals surface area contributed by atoms with E-state index in [1.54, 1.807) is 11.0 Å². The maximum Gasteiger partial charge on any atom is 0.435 e. The van der Waals surface area contributed by atoms with Gasteiger partial charge in [-0.1, -0.05) is 27.5 Å². The Balaban J connectivity index is 1.96. The first-order valence-corrected chi connectivity index (χ1v) is 9.03. The molecule has 1 aliphatic rings. The molecule has 1 aromatic carbocycles. The van der Waals surface area contributed by atoms with Crippen molar-refractivity contribution in [1.29, 1.82) is 0 Å². The van der Waals surface area contributed by atoms with Crippen LogP contribution in [0.2, 0.25) is 5.02 Å². The Kier molecular flexibility index (Phi) is 4.47. The van der Waals surface area contributed by atoms with E-state index in [-0.39, 0.29) is 17.2 Å². The second-order valence-electron chi connectivity index (χ2n) is 5.81. The molecule has 0 N–H and O–H groups in total. The maximum absolute atomic E-state index is 13.7. The first-order chi connectivity index (χ1) is 12.8. The second-order valence-corrected chi connectivity index (χ2v) is 7.16. The Morgan fingerprint density at radius 1 is 1.07 bits per heavy atom. The van der Waals surface area contributed by atoms with Gasteiger partial charge >= 0.3 is 6.18 Å². The molecule has 4 rings (SSSR count). The van der Waals surface area contributed by atoms with E-state index < -0.39 is 11.9 Å². The minimum Gasteiger partial charge on any atom is -0.321 e. The highest BCUT2D eigenvalue weighted by atomic mass is 79.9. The Labute approximate surface area is 165 Å². The molecule has 0 fully saturated rings. The second kappa shape index (κ2) is 6.69. The van der Waals surface area contributed by atoms with Gasteiger partial charge in [-0.25, -0.2) is 9.98 Å². The summed E-state index contributed by atoms with van der Waals surface area (Å²) in [6.45, 7) is 0.381. The Morgan fingerprint density at radius 2 is 1.81 bits per heavy atom. The van der Waals surface area contributed by atoms with Crippen LogP contribution in [0.15, 0.2) is 64.3 Å². The summed E-state index contributed by atoms with van der Waals surface area (Å²) in [5.74, 6) is 0.155. The minimum atomic E-state index is -4.64. The number of benzene rings is 1. The average molecular weight is 456 g/mol. The van der Waals surface area contributed by atoms with Crippen molar-refractivity contribution in [3.63, 3.8) is 0 Å². The van der Waals surface area contributed by atoms with Gasteiger partial charge in [-0.05, 0) is 42.5 Å². The van der Waals surface area contributed by atoms with Crippen molar-refractivity contribution >= 4 is 44.7 Å². The quantitative estimate of drug-likeness (QED) is 0.508. The number of nitrogens with zero attached hydrogens (tertiary/aromatic N) is 4. The van der Waals surface area contributed by atoms with Gasteiger partial charge < -0.3 is 4.90 Å². The number of aliphatic imine (C=N–C) groups is 1. The van der Waals surface area contributed by atoms with Gasteiger partial charge in [-0.2, -0.15) is 13.2 Å². The van der Waals surface area contributed by atoms with E-state index in [1.807, 2.05) is 24.3 Å². The number of hydrogen-bond donors (Lipinski definition) is 0. The van der Waals surface area contributed by atoms with Crippen molar-refractivity contribution in [3.8, 4) is 0 Å². The summed E-state index contributed by atoms with van der Waals surface area (Å²) in [4.78, 5) is 9.74. The molecule has 9 heteroatoms. The van der Waals surface area contributed by atoms with E-state index in [0.717, 1.165) is 4.47 Å². The standard InChI is InChI=1S/C18H11BrClF3N4/c19-11-2-5-13(6-3-11)26-9-1-8-24-17(26)15-16(18(21,22)23)25-14-7-4-12(20)10-27(14)15/h1-8,10H,9H2. The van der Waals surface area contributed by atoms with Crippen molar-refractivity contribution in [3.05, 3.63) is 75.8 Å². The highest BCUT2D eigenvalue weighted by Gasteiger charge is 2.40. The van der Waals surface area contributed by atoms with Crippen molar-refractivity contribution < 1.29 is 13.2 Å².